The van der Waals surface area contributed by atoms with Gasteiger partial charge in [0.15, 0.2) is 6.61 Å². The van der Waals surface area contributed by atoms with Crippen LogP contribution in [0.2, 0.25) is 0 Å². The summed E-state index contributed by atoms with van der Waals surface area (Å²) in [6.07, 6.45) is 2.51. The number of benzene rings is 1. The van der Waals surface area contributed by atoms with Crippen LogP contribution in [-0.2, 0) is 19.6 Å². The Balaban J connectivity index is 1.40. The van der Waals surface area contributed by atoms with E-state index in [-0.39, 0.29) is 42.3 Å². The Morgan fingerprint density at radius 3 is 2.70 bits per heavy atom. The van der Waals surface area contributed by atoms with Crippen LogP contribution in [0, 0.1) is 12.8 Å². The third-order valence-corrected chi connectivity index (χ3v) is 7.10. The molecule has 0 radical (unpaired) electrons. The topological polar surface area (TPSA) is 118 Å². The molecule has 1 fully saturated rings. The van der Waals surface area contributed by atoms with Gasteiger partial charge in [-0.15, -0.1) is 0 Å². The highest BCUT2D eigenvalue weighted by Gasteiger charge is 2.33. The van der Waals surface area contributed by atoms with Crippen molar-refractivity contribution in [3.63, 3.8) is 0 Å². The van der Waals surface area contributed by atoms with Crippen molar-refractivity contribution < 1.29 is 22.7 Å². The second-order valence-electron chi connectivity index (χ2n) is 7.38. The standard InChI is InChI=1S/C20H22N4O5S/c1-13-2-5-18(21-11-13)23-20(26)14-6-8-24(9-7-14)30(27,28)15-3-4-17-16(10-15)22-19(25)12-29-17/h2-5,10-11,14H,6-9,12H2,1H3,(H,22,25)(H,21,23,26). The van der Waals surface area contributed by atoms with Crippen LogP contribution >= 0.6 is 0 Å². The van der Waals surface area contributed by atoms with Crippen molar-refractivity contribution in [1.29, 1.82) is 0 Å². The van der Waals surface area contributed by atoms with Crippen molar-refractivity contribution in [3.05, 3.63) is 42.1 Å². The molecule has 2 N–H and O–H groups in total. The summed E-state index contributed by atoms with van der Waals surface area (Å²) in [5.41, 5.74) is 1.34. The molecule has 1 aromatic heterocycles. The molecule has 3 heterocycles. The van der Waals surface area contributed by atoms with E-state index in [1.807, 2.05) is 13.0 Å². The van der Waals surface area contributed by atoms with Gasteiger partial charge < -0.3 is 15.4 Å². The van der Waals surface area contributed by atoms with Crippen LogP contribution in [0.25, 0.3) is 0 Å². The van der Waals surface area contributed by atoms with E-state index >= 15 is 0 Å². The summed E-state index contributed by atoms with van der Waals surface area (Å²) in [7, 11) is -3.74. The van der Waals surface area contributed by atoms with Crippen molar-refractivity contribution in [2.24, 2.45) is 5.92 Å². The van der Waals surface area contributed by atoms with Gasteiger partial charge in [-0.25, -0.2) is 13.4 Å². The zero-order valence-corrected chi connectivity index (χ0v) is 17.2. The van der Waals surface area contributed by atoms with Gasteiger partial charge in [0.1, 0.15) is 11.6 Å². The lowest BCUT2D eigenvalue weighted by atomic mass is 9.97. The number of anilines is 2. The number of fused-ring (bicyclic) bond motifs is 1. The van der Waals surface area contributed by atoms with E-state index in [4.69, 9.17) is 4.74 Å². The van der Waals surface area contributed by atoms with Crippen LogP contribution in [0.15, 0.2) is 41.4 Å². The number of aromatic nitrogens is 1. The predicted octanol–water partition coefficient (Wildman–Crippen LogP) is 1.76. The molecule has 2 aromatic rings. The number of rotatable bonds is 4. The predicted molar refractivity (Wildman–Crippen MR) is 110 cm³/mol. The molecular formula is C20H22N4O5S. The first kappa shape index (κ1) is 20.3. The number of pyridine rings is 1. The molecule has 2 amide bonds. The number of ether oxygens (including phenoxy) is 1. The number of nitrogens with one attached hydrogen (secondary N) is 2. The number of piperidine rings is 1. The molecule has 0 aliphatic carbocycles. The molecule has 10 heteroatoms. The molecule has 2 aliphatic rings. The highest BCUT2D eigenvalue weighted by molar-refractivity contribution is 7.89. The number of aryl methyl sites for hydroxylation is 1. The number of hydrogen-bond acceptors (Lipinski definition) is 6. The third kappa shape index (κ3) is 4.14. The molecule has 1 saturated heterocycles. The minimum absolute atomic E-state index is 0.0822. The van der Waals surface area contributed by atoms with Crippen LogP contribution in [0.5, 0.6) is 5.75 Å². The second kappa shape index (κ2) is 8.04. The van der Waals surface area contributed by atoms with Crippen molar-refractivity contribution in [3.8, 4) is 5.75 Å². The van der Waals surface area contributed by atoms with Gasteiger partial charge in [0.25, 0.3) is 5.91 Å². The van der Waals surface area contributed by atoms with Crippen molar-refractivity contribution in [2.75, 3.05) is 30.3 Å². The number of amides is 2. The van der Waals surface area contributed by atoms with Gasteiger partial charge in [-0.1, -0.05) is 6.07 Å². The molecular weight excluding hydrogens is 408 g/mol. The summed E-state index contributed by atoms with van der Waals surface area (Å²) >= 11 is 0. The summed E-state index contributed by atoms with van der Waals surface area (Å²) in [6.45, 7) is 2.30. The maximum atomic E-state index is 13.0. The monoisotopic (exact) mass is 430 g/mol. The van der Waals surface area contributed by atoms with Crippen molar-refractivity contribution >= 4 is 33.3 Å². The van der Waals surface area contributed by atoms with Gasteiger partial charge >= 0.3 is 0 Å². The lowest BCUT2D eigenvalue weighted by molar-refractivity contribution is -0.121. The fraction of sp³-hybridized carbons (Fsp3) is 0.350. The molecule has 0 bridgehead atoms. The molecule has 2 aliphatic heterocycles. The minimum atomic E-state index is -3.74. The number of sulfonamides is 1. The Morgan fingerprint density at radius 1 is 1.23 bits per heavy atom. The van der Waals surface area contributed by atoms with E-state index in [1.54, 1.807) is 12.3 Å². The van der Waals surface area contributed by atoms with Gasteiger partial charge in [-0.05, 0) is 49.6 Å². The number of carbonyl (C=O) groups excluding carboxylic acids is 2. The summed E-state index contributed by atoms with van der Waals surface area (Å²) in [6, 6.07) is 8.02. The van der Waals surface area contributed by atoms with Gasteiger partial charge in [-0.3, -0.25) is 9.59 Å². The smallest absolute Gasteiger partial charge is 0.262 e. The van der Waals surface area contributed by atoms with Crippen LogP contribution < -0.4 is 15.4 Å². The van der Waals surface area contributed by atoms with Crippen molar-refractivity contribution in [2.45, 2.75) is 24.7 Å². The van der Waals surface area contributed by atoms with E-state index in [0.29, 0.717) is 30.1 Å². The van der Waals surface area contributed by atoms with Crippen molar-refractivity contribution in [1.82, 2.24) is 9.29 Å². The van der Waals surface area contributed by atoms with Crippen LogP contribution in [0.4, 0.5) is 11.5 Å². The maximum absolute atomic E-state index is 13.0. The molecule has 30 heavy (non-hydrogen) atoms. The van der Waals surface area contributed by atoms with E-state index in [9.17, 15) is 18.0 Å². The van der Waals surface area contributed by atoms with E-state index < -0.39 is 10.0 Å². The molecule has 0 unspecified atom stereocenters. The molecule has 4 rings (SSSR count). The Hall–Kier alpha value is -2.98. The quantitative estimate of drug-likeness (QED) is 0.763. The summed E-state index contributed by atoms with van der Waals surface area (Å²) < 4.78 is 32.7. The van der Waals surface area contributed by atoms with Gasteiger partial charge in [0, 0.05) is 25.2 Å². The minimum Gasteiger partial charge on any atom is -0.482 e. The molecule has 9 nitrogen and oxygen atoms in total. The van der Waals surface area contributed by atoms with Gasteiger partial charge in [-0.2, -0.15) is 4.31 Å². The highest BCUT2D eigenvalue weighted by Crippen LogP contribution is 2.32. The molecule has 158 valence electrons. The highest BCUT2D eigenvalue weighted by atomic mass is 32.2. The van der Waals surface area contributed by atoms with E-state index in [2.05, 4.69) is 15.6 Å². The number of hydrogen-bond donors (Lipinski definition) is 2. The van der Waals surface area contributed by atoms with E-state index in [1.165, 1.54) is 22.5 Å². The Kier molecular flexibility index (Phi) is 5.44. The normalized spacial score (nSPS) is 17.6. The summed E-state index contributed by atoms with van der Waals surface area (Å²) in [5.74, 6) is 0.160. The molecule has 1 aromatic carbocycles. The SMILES string of the molecule is Cc1ccc(NC(=O)C2CCN(S(=O)(=O)c3ccc4c(c3)NC(=O)CO4)CC2)nc1. The molecule has 0 atom stereocenters. The van der Waals surface area contributed by atoms with Crippen LogP contribution in [0.3, 0.4) is 0 Å². The third-order valence-electron chi connectivity index (χ3n) is 5.21. The Morgan fingerprint density at radius 2 is 2.00 bits per heavy atom. The first-order chi connectivity index (χ1) is 14.3. The fourth-order valence-corrected chi connectivity index (χ4v) is 5.00. The van der Waals surface area contributed by atoms with Crippen LogP contribution in [0.1, 0.15) is 18.4 Å². The van der Waals surface area contributed by atoms with E-state index in [0.717, 1.165) is 5.56 Å². The number of carbonyl (C=O) groups is 2. The Bertz CT molecular complexity index is 1080. The summed E-state index contributed by atoms with van der Waals surface area (Å²) in [5, 5.41) is 5.41. The Labute approximate surface area is 174 Å². The summed E-state index contributed by atoms with van der Waals surface area (Å²) in [4.78, 5) is 28.2. The zero-order chi connectivity index (χ0) is 21.3. The first-order valence-corrected chi connectivity index (χ1v) is 11.1. The largest absolute Gasteiger partial charge is 0.482 e. The molecule has 0 saturated carbocycles. The van der Waals surface area contributed by atoms with Gasteiger partial charge in [0.05, 0.1) is 10.6 Å². The van der Waals surface area contributed by atoms with Gasteiger partial charge in [0.2, 0.25) is 15.9 Å². The first-order valence-electron chi connectivity index (χ1n) is 9.63. The fourth-order valence-electron chi connectivity index (χ4n) is 3.50. The zero-order valence-electron chi connectivity index (χ0n) is 16.4. The number of nitrogens with zero attached hydrogens (tertiary/aromatic N) is 2. The molecule has 0 spiro atoms. The maximum Gasteiger partial charge on any atom is 0.262 e. The second-order valence-corrected chi connectivity index (χ2v) is 9.32. The average molecular weight is 430 g/mol. The van der Waals surface area contributed by atoms with Crippen LogP contribution in [-0.4, -0.2) is 49.2 Å². The lowest BCUT2D eigenvalue weighted by Crippen LogP contribution is -2.41. The lowest BCUT2D eigenvalue weighted by Gasteiger charge is -2.30. The average Bonchev–Trinajstić information content (AvgIpc) is 2.75.